The van der Waals surface area contributed by atoms with Crippen molar-refractivity contribution in [1.82, 2.24) is 24.7 Å². The number of halogens is 3. The summed E-state index contributed by atoms with van der Waals surface area (Å²) in [7, 11) is 1.88. The predicted molar refractivity (Wildman–Crippen MR) is 216 cm³/mol. The highest BCUT2D eigenvalue weighted by molar-refractivity contribution is 6.23. The Bertz CT molecular complexity index is 2490. The van der Waals surface area contributed by atoms with Gasteiger partial charge in [0.15, 0.2) is 0 Å². The smallest absolute Gasteiger partial charge is 0.416 e. The first-order valence-corrected chi connectivity index (χ1v) is 19.5. The van der Waals surface area contributed by atoms with Crippen molar-refractivity contribution in [3.63, 3.8) is 0 Å². The maximum atomic E-state index is 13.5. The number of hydrogen-bond donors (Lipinski definition) is 2. The van der Waals surface area contributed by atoms with Crippen LogP contribution >= 0.6 is 0 Å². The molecule has 4 aromatic carbocycles. The molecule has 304 valence electrons. The first-order chi connectivity index (χ1) is 28.3. The predicted octanol–water partition coefficient (Wildman–Crippen LogP) is 7.19. The van der Waals surface area contributed by atoms with Crippen molar-refractivity contribution >= 4 is 46.3 Å². The van der Waals surface area contributed by atoms with Crippen LogP contribution in [0.25, 0.3) is 16.7 Å². The number of aromatic nitrogens is 2. The molecule has 2 N–H and O–H groups in total. The van der Waals surface area contributed by atoms with Gasteiger partial charge in [0, 0.05) is 30.5 Å². The Morgan fingerprint density at radius 2 is 1.73 bits per heavy atom. The fraction of sp³-hybridized carbons (Fsp3) is 0.295. The number of allylic oxidation sites excluding steroid dienone is 1. The number of piperidine rings is 2. The Labute approximate surface area is 338 Å². The van der Waals surface area contributed by atoms with Crippen molar-refractivity contribution in [2.75, 3.05) is 43.5 Å². The molecule has 2 saturated heterocycles. The molecule has 0 spiro atoms. The molecular weight excluding hydrogens is 764 g/mol. The van der Waals surface area contributed by atoms with E-state index in [2.05, 4.69) is 22.1 Å². The zero-order valence-corrected chi connectivity index (χ0v) is 32.3. The molecule has 3 aliphatic rings. The van der Waals surface area contributed by atoms with Crippen molar-refractivity contribution in [1.29, 1.82) is 0 Å². The number of nitrogens with zero attached hydrogens (tertiary/aromatic N) is 5. The summed E-state index contributed by atoms with van der Waals surface area (Å²) < 4.78 is 48.4. The second kappa shape index (κ2) is 16.0. The minimum absolute atomic E-state index is 0.151. The van der Waals surface area contributed by atoms with E-state index in [9.17, 15) is 32.3 Å². The van der Waals surface area contributed by atoms with Gasteiger partial charge in [-0.1, -0.05) is 31.2 Å². The molecule has 0 bridgehead atoms. The number of ether oxygens (including phenoxy) is 1. The molecule has 59 heavy (non-hydrogen) atoms. The number of hydrogen-bond acceptors (Lipinski definition) is 8. The van der Waals surface area contributed by atoms with Crippen LogP contribution in [0, 0.1) is 0 Å². The number of imide groups is 1. The second-order valence-corrected chi connectivity index (χ2v) is 15.1. The third-order valence-corrected chi connectivity index (χ3v) is 11.0. The van der Waals surface area contributed by atoms with E-state index in [1.807, 2.05) is 54.4 Å². The molecule has 0 saturated carbocycles. The van der Waals surface area contributed by atoms with Gasteiger partial charge in [0.25, 0.3) is 17.7 Å². The summed E-state index contributed by atoms with van der Waals surface area (Å²) >= 11 is 0. The van der Waals surface area contributed by atoms with Gasteiger partial charge in [0.2, 0.25) is 11.9 Å². The molecular formula is C44H42F3N7O5. The van der Waals surface area contributed by atoms with E-state index in [1.165, 1.54) is 30.7 Å². The van der Waals surface area contributed by atoms with Crippen LogP contribution in [-0.4, -0.2) is 82.3 Å². The van der Waals surface area contributed by atoms with E-state index in [4.69, 9.17) is 9.72 Å². The minimum Gasteiger partial charge on any atom is -0.492 e. The molecule has 8 rings (SSSR count). The van der Waals surface area contributed by atoms with Crippen LogP contribution in [0.15, 0.2) is 97.2 Å². The van der Waals surface area contributed by atoms with E-state index >= 15 is 0 Å². The van der Waals surface area contributed by atoms with Crippen LogP contribution in [0.2, 0.25) is 0 Å². The molecule has 1 unspecified atom stereocenters. The molecule has 1 aromatic heterocycles. The lowest BCUT2D eigenvalue weighted by atomic mass is 10.0. The molecule has 5 aromatic rings. The van der Waals surface area contributed by atoms with Crippen LogP contribution in [-0.2, 0) is 17.5 Å². The average molecular weight is 806 g/mol. The summed E-state index contributed by atoms with van der Waals surface area (Å²) in [5, 5.41) is 5.40. The zero-order chi connectivity index (χ0) is 41.4. The van der Waals surface area contributed by atoms with Gasteiger partial charge in [-0.25, -0.2) is 4.98 Å². The molecule has 2 fully saturated rings. The summed E-state index contributed by atoms with van der Waals surface area (Å²) in [6.07, 6.45) is -0.324. The first-order valence-electron chi connectivity index (χ1n) is 19.5. The molecule has 12 nitrogen and oxygen atoms in total. The van der Waals surface area contributed by atoms with Gasteiger partial charge < -0.3 is 15.0 Å². The lowest BCUT2D eigenvalue weighted by molar-refractivity contribution is -0.137. The van der Waals surface area contributed by atoms with Gasteiger partial charge in [-0.05, 0) is 111 Å². The van der Waals surface area contributed by atoms with Gasteiger partial charge in [-0.3, -0.25) is 38.9 Å². The molecule has 0 radical (unpaired) electrons. The number of imidazole rings is 1. The highest BCUT2D eigenvalue weighted by atomic mass is 19.4. The van der Waals surface area contributed by atoms with Crippen LogP contribution in [0.1, 0.15) is 74.3 Å². The van der Waals surface area contributed by atoms with Crippen LogP contribution in [0.5, 0.6) is 5.75 Å². The standard InChI is InChI=1S/C44H42F3N7O5/c1-27-12-16-38(40(56)48-27)54-41(57)34-15-14-33(25-35(34)42(54)58)59-21-20-51(2)31-10-7-11-32(24-31)53-37-17-13-28(26-52-18-4-3-5-19-52)22-36(37)49-43(53)50-39(55)29-8-6-9-30(23-29)44(45,46)47/h6-11,13-15,17,22-25,38H,1,3-5,12,16,18-21,26H2,2H3,(H,48,56)(H,49,50,55). The number of amides is 4. The normalized spacial score (nSPS) is 17.3. The average Bonchev–Trinajstić information content (AvgIpc) is 3.70. The lowest BCUT2D eigenvalue weighted by Crippen LogP contribution is -2.51. The van der Waals surface area contributed by atoms with Crippen LogP contribution in [0.4, 0.5) is 24.8 Å². The molecule has 4 heterocycles. The van der Waals surface area contributed by atoms with Gasteiger partial charge >= 0.3 is 6.18 Å². The van der Waals surface area contributed by atoms with Crippen molar-refractivity contribution in [3.05, 3.63) is 125 Å². The number of likely N-dealkylation sites (tertiary alicyclic amines) is 1. The summed E-state index contributed by atoms with van der Waals surface area (Å²) in [5.41, 5.74) is 3.69. The summed E-state index contributed by atoms with van der Waals surface area (Å²) in [6.45, 7) is 7.18. The number of nitrogens with one attached hydrogen (secondary N) is 2. The number of likely N-dealkylation sites (N-methyl/N-ethyl adjacent to an activating group) is 1. The summed E-state index contributed by atoms with van der Waals surface area (Å²) in [4.78, 5) is 62.7. The molecule has 3 aliphatic heterocycles. The monoisotopic (exact) mass is 805 g/mol. The van der Waals surface area contributed by atoms with Crippen LogP contribution < -0.4 is 20.3 Å². The summed E-state index contributed by atoms with van der Waals surface area (Å²) in [5.74, 6) is -1.70. The number of carbonyl (C=O) groups excluding carboxylic acids is 4. The number of fused-ring (bicyclic) bond motifs is 2. The van der Waals surface area contributed by atoms with Gasteiger partial charge in [0.05, 0.1) is 40.0 Å². The Hall–Kier alpha value is -6.48. The Morgan fingerprint density at radius 3 is 2.51 bits per heavy atom. The highest BCUT2D eigenvalue weighted by Gasteiger charge is 2.44. The molecule has 4 amide bonds. The van der Waals surface area contributed by atoms with Gasteiger partial charge in [-0.15, -0.1) is 0 Å². The second-order valence-electron chi connectivity index (χ2n) is 15.1. The summed E-state index contributed by atoms with van der Waals surface area (Å²) in [6, 6.07) is 21.5. The number of carbonyl (C=O) groups is 4. The Balaban J connectivity index is 1.00. The van der Waals surface area contributed by atoms with Crippen molar-refractivity contribution in [2.45, 2.75) is 50.9 Å². The Morgan fingerprint density at radius 1 is 0.949 bits per heavy atom. The SMILES string of the molecule is C=C1CCC(N2C(=O)c3ccc(OCCN(C)c4cccc(-n5c(NC(=O)c6cccc(C(F)(F)F)c6)nc6cc(CN7CCCCC7)ccc65)c4)cc3C2=O)C(=O)N1. The number of alkyl halides is 3. The molecule has 15 heteroatoms. The largest absolute Gasteiger partial charge is 0.492 e. The molecule has 0 aliphatic carbocycles. The number of anilines is 2. The third-order valence-electron chi connectivity index (χ3n) is 11.0. The van der Waals surface area contributed by atoms with E-state index in [0.717, 1.165) is 60.8 Å². The van der Waals surface area contributed by atoms with Crippen molar-refractivity contribution in [2.24, 2.45) is 0 Å². The number of benzene rings is 4. The minimum atomic E-state index is -4.61. The third kappa shape index (κ3) is 8.15. The van der Waals surface area contributed by atoms with E-state index < -0.39 is 41.4 Å². The number of rotatable bonds is 11. The maximum Gasteiger partial charge on any atom is 0.416 e. The first kappa shape index (κ1) is 39.4. The van der Waals surface area contributed by atoms with Crippen molar-refractivity contribution in [3.8, 4) is 11.4 Å². The fourth-order valence-corrected chi connectivity index (χ4v) is 7.87. The Kier molecular flexibility index (Phi) is 10.7. The topological polar surface area (TPSA) is 129 Å². The van der Waals surface area contributed by atoms with E-state index in [0.29, 0.717) is 47.6 Å². The fourth-order valence-electron chi connectivity index (χ4n) is 7.87. The van der Waals surface area contributed by atoms with E-state index in [-0.39, 0.29) is 29.2 Å². The lowest BCUT2D eigenvalue weighted by Gasteiger charge is -2.29. The van der Waals surface area contributed by atoms with Gasteiger partial charge in [-0.2, -0.15) is 13.2 Å². The van der Waals surface area contributed by atoms with E-state index in [1.54, 1.807) is 10.6 Å². The quantitative estimate of drug-likeness (QED) is 0.134. The van der Waals surface area contributed by atoms with Gasteiger partial charge in [0.1, 0.15) is 18.4 Å². The highest BCUT2D eigenvalue weighted by Crippen LogP contribution is 2.33. The van der Waals surface area contributed by atoms with Crippen molar-refractivity contribution < 1.29 is 37.1 Å². The maximum absolute atomic E-state index is 13.5. The molecule has 1 atom stereocenters. The zero-order valence-electron chi connectivity index (χ0n) is 32.3. The van der Waals surface area contributed by atoms with Crippen LogP contribution in [0.3, 0.4) is 0 Å².